The molecule has 1 spiro atoms. The largest absolute Gasteiger partial charge is 0.309 e. The zero-order valence-corrected chi connectivity index (χ0v) is 32.5. The van der Waals surface area contributed by atoms with Crippen LogP contribution in [0.25, 0.3) is 22.3 Å². The molecule has 0 radical (unpaired) electrons. The second-order valence-electron chi connectivity index (χ2n) is 18.7. The summed E-state index contributed by atoms with van der Waals surface area (Å²) in [6, 6.07) is 54.9. The standard InChI is InChI=1S/C55H49N/c1-34-44-19-11-21-46(44)55(41-17-9-4-10-18-41)49-33-40(38-15-7-3-8-16-38)32-48-53(49)56(51-22-12-20-45(34)52(51)55)50-26-24-39(37-13-5-2-6-14-37)31-47(50)54(48)42-25-23-35-27-36(29-42)30-43(54)28-35/h2-10,12-18,20,22,24,26,31-36,42-43H,11,19,21,23,25,27-30H2,1H3. The molecule has 7 atom stereocenters. The summed E-state index contributed by atoms with van der Waals surface area (Å²) >= 11 is 0. The molecule has 2 aliphatic heterocycles. The molecular formula is C55H49N. The Bertz CT molecular complexity index is 2610. The Morgan fingerprint density at radius 2 is 1.23 bits per heavy atom. The number of benzene rings is 6. The van der Waals surface area contributed by atoms with Crippen LogP contribution in [-0.4, -0.2) is 0 Å². The van der Waals surface area contributed by atoms with Gasteiger partial charge in [0.1, 0.15) is 0 Å². The van der Waals surface area contributed by atoms with Gasteiger partial charge in [-0.15, -0.1) is 0 Å². The Hall–Kier alpha value is -5.14. The highest BCUT2D eigenvalue weighted by atomic mass is 15.2. The van der Waals surface area contributed by atoms with E-state index in [4.69, 9.17) is 0 Å². The average Bonchev–Trinajstić information content (AvgIpc) is 3.67. The van der Waals surface area contributed by atoms with Gasteiger partial charge in [0.15, 0.2) is 0 Å². The van der Waals surface area contributed by atoms with Gasteiger partial charge in [-0.2, -0.15) is 0 Å². The van der Waals surface area contributed by atoms with Crippen LogP contribution in [0.5, 0.6) is 0 Å². The highest BCUT2D eigenvalue weighted by molar-refractivity contribution is 5.98. The Morgan fingerprint density at radius 1 is 0.536 bits per heavy atom. The first-order chi connectivity index (χ1) is 27.7. The van der Waals surface area contributed by atoms with Crippen molar-refractivity contribution in [1.82, 2.24) is 0 Å². The van der Waals surface area contributed by atoms with Crippen LogP contribution in [-0.2, 0) is 10.8 Å². The van der Waals surface area contributed by atoms with Crippen molar-refractivity contribution in [2.75, 3.05) is 4.90 Å². The first kappa shape index (κ1) is 32.0. The number of nitrogens with zero attached hydrogens (tertiary/aromatic N) is 1. The van der Waals surface area contributed by atoms with E-state index >= 15 is 0 Å². The number of rotatable bonds is 3. The summed E-state index contributed by atoms with van der Waals surface area (Å²) in [4.78, 5) is 2.81. The molecule has 0 saturated heterocycles. The quantitative estimate of drug-likeness (QED) is 0.164. The summed E-state index contributed by atoms with van der Waals surface area (Å²) in [6.07, 6.45) is 11.9. The molecule has 6 aliphatic carbocycles. The van der Waals surface area contributed by atoms with Crippen molar-refractivity contribution in [2.45, 2.75) is 81.5 Å². The summed E-state index contributed by atoms with van der Waals surface area (Å²) < 4.78 is 0. The van der Waals surface area contributed by atoms with Gasteiger partial charge in [-0.3, -0.25) is 0 Å². The Morgan fingerprint density at radius 3 is 2.04 bits per heavy atom. The summed E-state index contributed by atoms with van der Waals surface area (Å²) in [5, 5.41) is 0. The van der Waals surface area contributed by atoms with E-state index in [2.05, 4.69) is 151 Å². The summed E-state index contributed by atoms with van der Waals surface area (Å²) in [6.45, 7) is 2.51. The summed E-state index contributed by atoms with van der Waals surface area (Å²) in [7, 11) is 0. The lowest BCUT2D eigenvalue weighted by atomic mass is 9.46. The van der Waals surface area contributed by atoms with Gasteiger partial charge < -0.3 is 4.90 Å². The van der Waals surface area contributed by atoms with E-state index < -0.39 is 0 Å². The fraction of sp³-hybridized carbons (Fsp3) is 0.309. The number of hydrogen-bond donors (Lipinski definition) is 0. The van der Waals surface area contributed by atoms with Crippen molar-refractivity contribution < 1.29 is 0 Å². The van der Waals surface area contributed by atoms with Gasteiger partial charge in [-0.1, -0.05) is 134 Å². The normalized spacial score (nSPS) is 29.8. The molecule has 4 saturated carbocycles. The summed E-state index contributed by atoms with van der Waals surface area (Å²) in [5.74, 6) is 3.42. The van der Waals surface area contributed by atoms with Crippen molar-refractivity contribution >= 4 is 17.1 Å². The van der Waals surface area contributed by atoms with Crippen LogP contribution < -0.4 is 4.90 Å². The van der Waals surface area contributed by atoms with Crippen molar-refractivity contribution in [2.24, 2.45) is 23.7 Å². The molecule has 0 amide bonds. The third-order valence-corrected chi connectivity index (χ3v) is 16.4. The minimum absolute atomic E-state index is 0.0427. The molecule has 4 fully saturated rings. The average molecular weight is 724 g/mol. The van der Waals surface area contributed by atoms with Gasteiger partial charge >= 0.3 is 0 Å². The molecule has 56 heavy (non-hydrogen) atoms. The molecule has 8 aliphatic rings. The second-order valence-corrected chi connectivity index (χ2v) is 18.7. The molecule has 7 unspecified atom stereocenters. The van der Waals surface area contributed by atoms with Crippen LogP contribution in [0.1, 0.15) is 104 Å². The first-order valence-electron chi connectivity index (χ1n) is 21.8. The maximum atomic E-state index is 2.81. The van der Waals surface area contributed by atoms with E-state index in [1.54, 1.807) is 27.8 Å². The van der Waals surface area contributed by atoms with Crippen LogP contribution in [0, 0.1) is 23.7 Å². The predicted octanol–water partition coefficient (Wildman–Crippen LogP) is 14.2. The molecular weight excluding hydrogens is 675 g/mol. The molecule has 14 rings (SSSR count). The van der Waals surface area contributed by atoms with Gasteiger partial charge in [0.2, 0.25) is 0 Å². The van der Waals surface area contributed by atoms with E-state index in [0.29, 0.717) is 17.8 Å². The smallest absolute Gasteiger partial charge is 0.0708 e. The zero-order chi connectivity index (χ0) is 36.8. The van der Waals surface area contributed by atoms with Crippen LogP contribution >= 0.6 is 0 Å². The number of hydrogen-bond acceptors (Lipinski definition) is 1. The second kappa shape index (κ2) is 11.5. The highest BCUT2D eigenvalue weighted by Gasteiger charge is 2.63. The lowest BCUT2D eigenvalue weighted by molar-refractivity contribution is 0.0589. The van der Waals surface area contributed by atoms with E-state index in [0.717, 1.165) is 11.8 Å². The lowest BCUT2D eigenvalue weighted by Gasteiger charge is -2.61. The van der Waals surface area contributed by atoms with E-state index in [9.17, 15) is 0 Å². The topological polar surface area (TPSA) is 3.24 Å². The third kappa shape index (κ3) is 3.93. The molecule has 0 N–H and O–H groups in total. The van der Waals surface area contributed by atoms with Crippen LogP contribution in [0.15, 0.2) is 151 Å². The van der Waals surface area contributed by atoms with Crippen LogP contribution in [0.2, 0.25) is 0 Å². The van der Waals surface area contributed by atoms with E-state index in [1.807, 2.05) is 0 Å². The highest BCUT2D eigenvalue weighted by Crippen LogP contribution is 2.73. The van der Waals surface area contributed by atoms with Gasteiger partial charge in [0.25, 0.3) is 0 Å². The van der Waals surface area contributed by atoms with Crippen molar-refractivity contribution in [3.63, 3.8) is 0 Å². The minimum Gasteiger partial charge on any atom is -0.309 e. The monoisotopic (exact) mass is 723 g/mol. The molecule has 2 heterocycles. The molecule has 1 nitrogen and oxygen atoms in total. The maximum Gasteiger partial charge on any atom is 0.0708 e. The van der Waals surface area contributed by atoms with Gasteiger partial charge in [-0.05, 0) is 161 Å². The zero-order valence-electron chi connectivity index (χ0n) is 32.5. The fourth-order valence-electron chi connectivity index (χ4n) is 14.6. The van der Waals surface area contributed by atoms with E-state index in [1.165, 1.54) is 114 Å². The fourth-order valence-corrected chi connectivity index (χ4v) is 14.6. The number of fused-ring (bicyclic) bond motifs is 6. The molecule has 6 aromatic rings. The lowest BCUT2D eigenvalue weighted by Crippen LogP contribution is -2.53. The first-order valence-corrected chi connectivity index (χ1v) is 21.8. The van der Waals surface area contributed by atoms with Crippen molar-refractivity contribution in [3.8, 4) is 22.3 Å². The number of allylic oxidation sites excluding steroid dienone is 2. The molecule has 1 heteroatoms. The van der Waals surface area contributed by atoms with E-state index in [-0.39, 0.29) is 10.8 Å². The minimum atomic E-state index is -0.332. The summed E-state index contributed by atoms with van der Waals surface area (Å²) in [5.41, 5.74) is 22.1. The predicted molar refractivity (Wildman–Crippen MR) is 230 cm³/mol. The van der Waals surface area contributed by atoms with Crippen molar-refractivity contribution in [3.05, 3.63) is 184 Å². The Labute approximate surface area is 332 Å². The SMILES string of the molecule is CC1C2=C(CCC2)C2(c3ccccc3)c3cc(-c4ccccc4)cc4c3N(c3ccc(-c5ccccc5)cc3C43C4CCC5CC(C4)CC3C5)c3cccc1c32. The van der Waals surface area contributed by atoms with Gasteiger partial charge in [0, 0.05) is 11.3 Å². The Kier molecular flexibility index (Phi) is 6.56. The molecule has 274 valence electrons. The maximum absolute atomic E-state index is 2.81. The third-order valence-electron chi connectivity index (χ3n) is 16.4. The molecule has 0 aromatic heterocycles. The van der Waals surface area contributed by atoms with Gasteiger partial charge in [-0.25, -0.2) is 0 Å². The van der Waals surface area contributed by atoms with Crippen LogP contribution in [0.4, 0.5) is 17.1 Å². The van der Waals surface area contributed by atoms with Crippen LogP contribution in [0.3, 0.4) is 0 Å². The van der Waals surface area contributed by atoms with Gasteiger partial charge in [0.05, 0.1) is 22.5 Å². The molecule has 6 aromatic carbocycles. The Balaban J connectivity index is 1.23. The number of anilines is 3. The van der Waals surface area contributed by atoms with Crippen molar-refractivity contribution in [1.29, 1.82) is 0 Å². The molecule has 4 bridgehead atoms.